The van der Waals surface area contributed by atoms with Crippen LogP contribution < -0.4 is 5.32 Å². The lowest BCUT2D eigenvalue weighted by Gasteiger charge is -2.10. The van der Waals surface area contributed by atoms with Crippen molar-refractivity contribution in [1.82, 2.24) is 9.97 Å². The van der Waals surface area contributed by atoms with Crippen LogP contribution in [-0.2, 0) is 17.8 Å². The molecule has 4 nitrogen and oxygen atoms in total. The van der Waals surface area contributed by atoms with Crippen LogP contribution in [0.3, 0.4) is 0 Å². The molecule has 20 heavy (non-hydrogen) atoms. The summed E-state index contributed by atoms with van der Waals surface area (Å²) in [5.74, 6) is 1.68. The number of rotatable bonds is 6. The van der Waals surface area contributed by atoms with Crippen LogP contribution in [-0.4, -0.2) is 23.6 Å². The lowest BCUT2D eigenvalue weighted by Crippen LogP contribution is -2.07. The summed E-state index contributed by atoms with van der Waals surface area (Å²) in [5, 5.41) is 3.24. The molecule has 1 aromatic heterocycles. The van der Waals surface area contributed by atoms with Gasteiger partial charge in [-0.15, -0.1) is 0 Å². The molecule has 106 valence electrons. The van der Waals surface area contributed by atoms with Gasteiger partial charge >= 0.3 is 0 Å². The average Bonchev–Trinajstić information content (AvgIpc) is 2.42. The first-order valence-electron chi connectivity index (χ1n) is 6.87. The molecule has 4 heteroatoms. The number of aromatic nitrogens is 2. The molecule has 2 rings (SSSR count). The lowest BCUT2D eigenvalue weighted by atomic mass is 10.1. The van der Waals surface area contributed by atoms with Crippen molar-refractivity contribution >= 4 is 5.82 Å². The number of nitrogens with one attached hydrogen (secondary N) is 1. The predicted octanol–water partition coefficient (Wildman–Crippen LogP) is 2.95. The molecule has 2 aromatic rings. The second-order valence-electron chi connectivity index (χ2n) is 4.73. The maximum Gasteiger partial charge on any atom is 0.135 e. The van der Waals surface area contributed by atoms with Crippen LogP contribution >= 0.6 is 0 Å². The third kappa shape index (κ3) is 3.78. The highest BCUT2D eigenvalue weighted by Crippen LogP contribution is 2.14. The van der Waals surface area contributed by atoms with E-state index >= 15 is 0 Å². The molecule has 0 aliphatic carbocycles. The molecule has 1 aromatic carbocycles. The van der Waals surface area contributed by atoms with E-state index in [-0.39, 0.29) is 0 Å². The van der Waals surface area contributed by atoms with E-state index in [0.29, 0.717) is 6.61 Å². The fourth-order valence-corrected chi connectivity index (χ4v) is 2.10. The second-order valence-corrected chi connectivity index (χ2v) is 4.73. The van der Waals surface area contributed by atoms with Crippen LogP contribution in [0.2, 0.25) is 0 Å². The van der Waals surface area contributed by atoms with Gasteiger partial charge in [0.05, 0.1) is 12.3 Å². The van der Waals surface area contributed by atoms with Crippen molar-refractivity contribution < 1.29 is 4.74 Å². The molecule has 0 fully saturated rings. The third-order valence-electron chi connectivity index (χ3n) is 3.09. The topological polar surface area (TPSA) is 47.0 Å². The number of nitrogens with zero attached hydrogens (tertiary/aromatic N) is 2. The highest BCUT2D eigenvalue weighted by Gasteiger charge is 2.07. The SMILES string of the molecule is CCNc1cc(COC)nc(Cc2ccccc2C)n1. The van der Waals surface area contributed by atoms with E-state index in [4.69, 9.17) is 4.74 Å². The minimum Gasteiger partial charge on any atom is -0.378 e. The van der Waals surface area contributed by atoms with Crippen molar-refractivity contribution in [1.29, 1.82) is 0 Å². The molecule has 0 saturated heterocycles. The average molecular weight is 271 g/mol. The summed E-state index contributed by atoms with van der Waals surface area (Å²) >= 11 is 0. The summed E-state index contributed by atoms with van der Waals surface area (Å²) in [7, 11) is 1.68. The molecule has 0 spiro atoms. The van der Waals surface area contributed by atoms with Crippen LogP contribution in [0.1, 0.15) is 29.6 Å². The van der Waals surface area contributed by atoms with Crippen molar-refractivity contribution in [2.24, 2.45) is 0 Å². The van der Waals surface area contributed by atoms with Crippen LogP contribution in [0.25, 0.3) is 0 Å². The van der Waals surface area contributed by atoms with Crippen molar-refractivity contribution in [3.8, 4) is 0 Å². The third-order valence-corrected chi connectivity index (χ3v) is 3.09. The van der Waals surface area contributed by atoms with E-state index in [1.165, 1.54) is 11.1 Å². The van der Waals surface area contributed by atoms with Gasteiger partial charge < -0.3 is 10.1 Å². The Labute approximate surface area is 120 Å². The van der Waals surface area contributed by atoms with Crippen molar-refractivity contribution in [3.05, 3.63) is 53.0 Å². The van der Waals surface area contributed by atoms with Gasteiger partial charge in [0.2, 0.25) is 0 Å². The molecule has 0 bridgehead atoms. The number of ether oxygens (including phenoxy) is 1. The standard InChI is InChI=1S/C16H21N3O/c1-4-17-15-10-14(11-20-3)18-16(19-15)9-13-8-6-5-7-12(13)2/h5-8,10H,4,9,11H2,1-3H3,(H,17,18,19). The van der Waals surface area contributed by atoms with Gasteiger partial charge in [0.15, 0.2) is 0 Å². The van der Waals surface area contributed by atoms with Gasteiger partial charge in [-0.1, -0.05) is 24.3 Å². The molecule has 1 N–H and O–H groups in total. The van der Waals surface area contributed by atoms with E-state index in [1.54, 1.807) is 7.11 Å². The molecule has 0 amide bonds. The Balaban J connectivity index is 2.28. The fraction of sp³-hybridized carbons (Fsp3) is 0.375. The van der Waals surface area contributed by atoms with Crippen molar-refractivity contribution in [2.45, 2.75) is 26.9 Å². The summed E-state index contributed by atoms with van der Waals surface area (Å²) in [6, 6.07) is 10.3. The Bertz CT molecular complexity index is 545. The van der Waals surface area contributed by atoms with E-state index < -0.39 is 0 Å². The summed E-state index contributed by atoms with van der Waals surface area (Å²) in [6.07, 6.45) is 0.739. The van der Waals surface area contributed by atoms with Gasteiger partial charge in [-0.2, -0.15) is 0 Å². The predicted molar refractivity (Wildman–Crippen MR) is 80.9 cm³/mol. The van der Waals surface area contributed by atoms with Gasteiger partial charge in [0, 0.05) is 26.1 Å². The minimum absolute atomic E-state index is 0.502. The summed E-state index contributed by atoms with van der Waals surface area (Å²) in [6.45, 7) is 5.51. The maximum atomic E-state index is 5.17. The van der Waals surface area contributed by atoms with E-state index in [9.17, 15) is 0 Å². The molecule has 0 aliphatic heterocycles. The van der Waals surface area contributed by atoms with Crippen molar-refractivity contribution in [2.75, 3.05) is 19.0 Å². The zero-order valence-electron chi connectivity index (χ0n) is 12.3. The molecule has 0 radical (unpaired) electrons. The van der Waals surface area contributed by atoms with Crippen molar-refractivity contribution in [3.63, 3.8) is 0 Å². The molecule has 1 heterocycles. The Morgan fingerprint density at radius 1 is 1.20 bits per heavy atom. The van der Waals surface area contributed by atoms with Gasteiger partial charge in [0.1, 0.15) is 11.6 Å². The largest absolute Gasteiger partial charge is 0.378 e. The first-order valence-corrected chi connectivity index (χ1v) is 6.87. The normalized spacial score (nSPS) is 10.6. The number of hydrogen-bond acceptors (Lipinski definition) is 4. The highest BCUT2D eigenvalue weighted by molar-refractivity contribution is 5.37. The van der Waals surface area contributed by atoms with Crippen LogP contribution in [0.5, 0.6) is 0 Å². The molecule has 0 atom stereocenters. The second kappa shape index (κ2) is 7.01. The first-order chi connectivity index (χ1) is 9.72. The number of anilines is 1. The molecule has 0 unspecified atom stereocenters. The maximum absolute atomic E-state index is 5.17. The van der Waals surface area contributed by atoms with Gasteiger partial charge in [-0.3, -0.25) is 0 Å². The quantitative estimate of drug-likeness (QED) is 0.877. The zero-order chi connectivity index (χ0) is 14.4. The number of aryl methyl sites for hydroxylation is 1. The van der Waals surface area contributed by atoms with E-state index in [1.807, 2.05) is 18.2 Å². The number of hydrogen-bond donors (Lipinski definition) is 1. The van der Waals surface area contributed by atoms with E-state index in [0.717, 1.165) is 30.3 Å². The number of benzene rings is 1. The Kier molecular flexibility index (Phi) is 5.07. The lowest BCUT2D eigenvalue weighted by molar-refractivity contribution is 0.181. The smallest absolute Gasteiger partial charge is 0.135 e. The summed E-state index contributed by atoms with van der Waals surface area (Å²) < 4.78 is 5.17. The van der Waals surface area contributed by atoms with E-state index in [2.05, 4.69) is 41.3 Å². The van der Waals surface area contributed by atoms with Gasteiger partial charge in [-0.05, 0) is 25.0 Å². The highest BCUT2D eigenvalue weighted by atomic mass is 16.5. The Morgan fingerprint density at radius 2 is 2.00 bits per heavy atom. The zero-order valence-corrected chi connectivity index (χ0v) is 12.3. The summed E-state index contributed by atoms with van der Waals surface area (Å²) in [5.41, 5.74) is 3.42. The first kappa shape index (κ1) is 14.5. The van der Waals surface area contributed by atoms with Crippen LogP contribution in [0.15, 0.2) is 30.3 Å². The minimum atomic E-state index is 0.502. The molecule has 0 saturated carbocycles. The molecule has 0 aliphatic rings. The Hall–Kier alpha value is -1.94. The molecular weight excluding hydrogens is 250 g/mol. The van der Waals surface area contributed by atoms with Crippen LogP contribution in [0, 0.1) is 6.92 Å². The van der Waals surface area contributed by atoms with Gasteiger partial charge in [0.25, 0.3) is 0 Å². The molecular formula is C16H21N3O. The van der Waals surface area contributed by atoms with Crippen LogP contribution in [0.4, 0.5) is 5.82 Å². The van der Waals surface area contributed by atoms with Gasteiger partial charge in [-0.25, -0.2) is 9.97 Å². The Morgan fingerprint density at radius 3 is 2.70 bits per heavy atom. The fourth-order valence-electron chi connectivity index (χ4n) is 2.10. The monoisotopic (exact) mass is 271 g/mol. The summed E-state index contributed by atoms with van der Waals surface area (Å²) in [4.78, 5) is 9.13. The number of methoxy groups -OCH3 is 1.